The van der Waals surface area contributed by atoms with Crippen LogP contribution in [0.1, 0.15) is 64.8 Å². The smallest absolute Gasteiger partial charge is 0.322 e. The molecule has 0 spiro atoms. The van der Waals surface area contributed by atoms with E-state index >= 15 is 0 Å². The number of hydrogen-bond acceptors (Lipinski definition) is 12. The van der Waals surface area contributed by atoms with Gasteiger partial charge in [0.1, 0.15) is 17.6 Å². The lowest BCUT2D eigenvalue weighted by molar-refractivity contribution is -0.136. The fraction of sp³-hybridized carbons (Fsp3) is 0.326. The highest BCUT2D eigenvalue weighted by Crippen LogP contribution is 2.34. The highest BCUT2D eigenvalue weighted by molar-refractivity contribution is 6.24. The number of imide groups is 2. The fourth-order valence-corrected chi connectivity index (χ4v) is 8.78. The van der Waals surface area contributed by atoms with Crippen LogP contribution in [0.5, 0.6) is 5.75 Å². The number of piperazine rings is 1. The van der Waals surface area contributed by atoms with Crippen LogP contribution in [-0.4, -0.2) is 111 Å². The third kappa shape index (κ3) is 8.71. The van der Waals surface area contributed by atoms with Crippen LogP contribution < -0.4 is 30.5 Å². The number of carbonyl (C=O) groups excluding carboxylic acids is 6. The Labute approximate surface area is 362 Å². The Hall–Kier alpha value is -7.43. The maximum Gasteiger partial charge on any atom is 0.322 e. The number of carbonyl (C=O) groups is 6. The molecule has 17 heteroatoms. The Bertz CT molecular complexity index is 2560. The van der Waals surface area contributed by atoms with Gasteiger partial charge in [-0.3, -0.25) is 39.1 Å². The molecule has 322 valence electrons. The Morgan fingerprint density at radius 2 is 1.57 bits per heavy atom. The maximum absolute atomic E-state index is 14.0. The summed E-state index contributed by atoms with van der Waals surface area (Å²) >= 11 is 0. The third-order valence-electron chi connectivity index (χ3n) is 12.1. The lowest BCUT2D eigenvalue weighted by Gasteiger charge is -2.37. The van der Waals surface area contributed by atoms with Crippen molar-refractivity contribution in [2.24, 2.45) is 0 Å². The van der Waals surface area contributed by atoms with Crippen molar-refractivity contribution in [1.82, 2.24) is 35.4 Å². The van der Waals surface area contributed by atoms with Crippen molar-refractivity contribution in [3.05, 3.63) is 114 Å². The van der Waals surface area contributed by atoms with Gasteiger partial charge in [-0.05, 0) is 68.0 Å². The summed E-state index contributed by atoms with van der Waals surface area (Å²) in [5.41, 5.74) is 2.64. The van der Waals surface area contributed by atoms with Gasteiger partial charge in [-0.2, -0.15) is 0 Å². The number of rotatable bonds is 11. The number of para-hydroxylation sites is 1. The highest BCUT2D eigenvalue weighted by Gasteiger charge is 2.46. The van der Waals surface area contributed by atoms with Crippen molar-refractivity contribution in [3.8, 4) is 5.75 Å². The Morgan fingerprint density at radius 3 is 2.33 bits per heavy atom. The van der Waals surface area contributed by atoms with Crippen LogP contribution in [0.4, 0.5) is 22.2 Å². The molecule has 63 heavy (non-hydrogen) atoms. The Morgan fingerprint density at radius 1 is 0.794 bits per heavy atom. The number of nitrogens with zero attached hydrogens (tertiary/aromatic N) is 7. The van der Waals surface area contributed by atoms with E-state index in [0.717, 1.165) is 52.9 Å². The van der Waals surface area contributed by atoms with Crippen molar-refractivity contribution in [2.45, 2.75) is 63.2 Å². The van der Waals surface area contributed by atoms with Crippen molar-refractivity contribution in [1.29, 1.82) is 0 Å². The van der Waals surface area contributed by atoms with E-state index < -0.39 is 29.7 Å². The zero-order valence-corrected chi connectivity index (χ0v) is 34.4. The Kier molecular flexibility index (Phi) is 11.6. The molecule has 2 aromatic heterocycles. The molecule has 1 aliphatic carbocycles. The standard InChI is InChI=1S/C46H46N10O7/c57-39-20-18-36(42(59)52-39)56-43(60)34-10-6-12-37(41(34)44(56)61)63-28-40(58)54-23-21-53(22-24-54)38-19-17-33(27-47-38)55(46(62)49-25-29-7-2-1-3-8-29)32-15-13-31(14-16-32)50-45-48-26-30-9-4-5-11-35(30)51-45/h1-12,17,19,26-27,31-32,36H,13-16,18,20-25,28H2,(H,49,62)(H,48,50,51)(H,52,57,59). The maximum atomic E-state index is 14.0. The predicted octanol–water partition coefficient (Wildman–Crippen LogP) is 4.29. The second-order valence-corrected chi connectivity index (χ2v) is 16.1. The molecule has 1 saturated carbocycles. The molecule has 5 aromatic rings. The van der Waals surface area contributed by atoms with Gasteiger partial charge in [0.25, 0.3) is 17.7 Å². The average Bonchev–Trinajstić information content (AvgIpc) is 3.57. The SMILES string of the molecule is O=C1CCC(N2C(=O)c3cccc(OCC(=O)N4CCN(c5ccc(N(C(=O)NCc6ccccc6)C6CCC(Nc7ncc8ccccc8n7)CC6)cn5)CC4)c3C2=O)C(=O)N1. The first kappa shape index (κ1) is 40.9. The summed E-state index contributed by atoms with van der Waals surface area (Å²) in [6.45, 7) is 1.84. The van der Waals surface area contributed by atoms with E-state index in [0.29, 0.717) is 44.4 Å². The van der Waals surface area contributed by atoms with E-state index in [1.807, 2.05) is 77.8 Å². The van der Waals surface area contributed by atoms with Gasteiger partial charge in [0, 0.05) is 62.8 Å². The molecule has 1 unspecified atom stereocenters. The number of ether oxygens (including phenoxy) is 1. The van der Waals surface area contributed by atoms with Crippen LogP contribution in [0.3, 0.4) is 0 Å². The number of aromatic nitrogens is 3. The van der Waals surface area contributed by atoms with Crippen molar-refractivity contribution in [3.63, 3.8) is 0 Å². The first-order chi connectivity index (χ1) is 30.7. The number of benzene rings is 3. The first-order valence-electron chi connectivity index (χ1n) is 21.3. The number of urea groups is 1. The lowest BCUT2D eigenvalue weighted by atomic mass is 9.90. The van der Waals surface area contributed by atoms with E-state index in [-0.39, 0.29) is 60.3 Å². The first-order valence-corrected chi connectivity index (χ1v) is 21.3. The number of amides is 7. The number of piperidine rings is 1. The van der Waals surface area contributed by atoms with Gasteiger partial charge in [0.05, 0.1) is 28.5 Å². The van der Waals surface area contributed by atoms with E-state index in [2.05, 4.69) is 25.8 Å². The van der Waals surface area contributed by atoms with Crippen LogP contribution in [0.25, 0.3) is 10.9 Å². The van der Waals surface area contributed by atoms with Crippen molar-refractivity contribution >= 4 is 63.9 Å². The normalized spacial score (nSPS) is 20.0. The summed E-state index contributed by atoms with van der Waals surface area (Å²) < 4.78 is 5.85. The molecular weight excluding hydrogens is 805 g/mol. The molecule has 3 aliphatic heterocycles. The molecule has 1 atom stereocenters. The number of anilines is 3. The van der Waals surface area contributed by atoms with E-state index in [4.69, 9.17) is 14.7 Å². The summed E-state index contributed by atoms with van der Waals surface area (Å²) in [5.74, 6) is -1.42. The largest absolute Gasteiger partial charge is 0.483 e. The second kappa shape index (κ2) is 17.9. The van der Waals surface area contributed by atoms with Gasteiger partial charge in [0.15, 0.2) is 6.61 Å². The summed E-state index contributed by atoms with van der Waals surface area (Å²) in [6, 6.07) is 24.9. The molecule has 7 amide bonds. The number of hydrogen-bond donors (Lipinski definition) is 3. The minimum absolute atomic E-state index is 0.00785. The molecule has 0 bridgehead atoms. The minimum atomic E-state index is -1.11. The van der Waals surface area contributed by atoms with E-state index in [9.17, 15) is 28.8 Å². The van der Waals surface area contributed by atoms with Gasteiger partial charge < -0.3 is 25.2 Å². The number of nitrogens with one attached hydrogen (secondary N) is 3. The quantitative estimate of drug-likeness (QED) is 0.160. The minimum Gasteiger partial charge on any atom is -0.483 e. The summed E-state index contributed by atoms with van der Waals surface area (Å²) in [4.78, 5) is 98.6. The van der Waals surface area contributed by atoms with Crippen LogP contribution in [0.2, 0.25) is 0 Å². The molecule has 2 saturated heterocycles. The fourth-order valence-electron chi connectivity index (χ4n) is 8.78. The van der Waals surface area contributed by atoms with Gasteiger partial charge in [-0.1, -0.05) is 54.6 Å². The molecule has 9 rings (SSSR count). The zero-order valence-electron chi connectivity index (χ0n) is 34.4. The second-order valence-electron chi connectivity index (χ2n) is 16.1. The molecule has 3 N–H and O–H groups in total. The summed E-state index contributed by atoms with van der Waals surface area (Å²) in [6.07, 6.45) is 6.81. The van der Waals surface area contributed by atoms with Crippen LogP contribution in [0.15, 0.2) is 97.3 Å². The van der Waals surface area contributed by atoms with Gasteiger partial charge >= 0.3 is 6.03 Å². The molecule has 0 radical (unpaired) electrons. The van der Waals surface area contributed by atoms with Crippen LogP contribution >= 0.6 is 0 Å². The van der Waals surface area contributed by atoms with E-state index in [1.54, 1.807) is 17.2 Å². The number of pyridine rings is 1. The van der Waals surface area contributed by atoms with Crippen molar-refractivity contribution < 1.29 is 33.5 Å². The Balaban J connectivity index is 0.808. The monoisotopic (exact) mass is 850 g/mol. The lowest BCUT2D eigenvalue weighted by Crippen LogP contribution is -2.54. The highest BCUT2D eigenvalue weighted by atomic mass is 16.5. The molecule has 17 nitrogen and oxygen atoms in total. The summed E-state index contributed by atoms with van der Waals surface area (Å²) in [5, 5.41) is 9.80. The van der Waals surface area contributed by atoms with E-state index in [1.165, 1.54) is 12.1 Å². The van der Waals surface area contributed by atoms with Gasteiger partial charge in [-0.25, -0.2) is 19.7 Å². The topological polar surface area (TPSA) is 199 Å². The summed E-state index contributed by atoms with van der Waals surface area (Å²) in [7, 11) is 0. The van der Waals surface area contributed by atoms with Gasteiger partial charge in [-0.15, -0.1) is 0 Å². The molecular formula is C46H46N10O7. The number of fused-ring (bicyclic) bond motifs is 2. The predicted molar refractivity (Wildman–Crippen MR) is 232 cm³/mol. The third-order valence-corrected chi connectivity index (χ3v) is 12.1. The molecule has 4 aliphatic rings. The van der Waals surface area contributed by atoms with Crippen LogP contribution in [-0.2, 0) is 20.9 Å². The molecule has 3 fully saturated rings. The van der Waals surface area contributed by atoms with Gasteiger partial charge in [0.2, 0.25) is 17.8 Å². The molecule has 5 heterocycles. The van der Waals surface area contributed by atoms with Crippen molar-refractivity contribution in [2.75, 3.05) is 47.9 Å². The average molecular weight is 851 g/mol. The van der Waals surface area contributed by atoms with Crippen LogP contribution in [0, 0.1) is 0 Å². The zero-order chi connectivity index (χ0) is 43.5. The molecule has 3 aromatic carbocycles.